The van der Waals surface area contributed by atoms with E-state index in [0.717, 1.165) is 6.92 Å². The molecule has 0 fully saturated rings. The highest BCUT2D eigenvalue weighted by Crippen LogP contribution is 1.84. The van der Waals surface area contributed by atoms with E-state index in [1.165, 1.54) is 0 Å². The molecular weight excluding hydrogens is 124 g/mol. The molecule has 0 aromatic rings. The van der Waals surface area contributed by atoms with Crippen LogP contribution in [0.3, 0.4) is 0 Å². The van der Waals surface area contributed by atoms with Crippen molar-refractivity contribution in [2.24, 2.45) is 0 Å². The first-order chi connectivity index (χ1) is 4.09. The van der Waals surface area contributed by atoms with Gasteiger partial charge >= 0.3 is 0 Å². The standard InChI is InChI=1S/C5H8O4/c1-3(7)5(9)4(8)2-6/h4,6,8H,2H2,1H3. The van der Waals surface area contributed by atoms with E-state index in [-0.39, 0.29) is 0 Å². The molecule has 4 heteroatoms. The van der Waals surface area contributed by atoms with Gasteiger partial charge in [0.25, 0.3) is 0 Å². The maximum atomic E-state index is 10.3. The molecule has 0 saturated carbocycles. The summed E-state index contributed by atoms with van der Waals surface area (Å²) in [7, 11) is 0. The van der Waals surface area contributed by atoms with Crippen LogP contribution in [-0.2, 0) is 9.59 Å². The number of Topliss-reactive ketones (excluding diaryl/α,β-unsaturated/α-hetero) is 2. The Balaban J connectivity index is 3.88. The second-order valence-electron chi connectivity index (χ2n) is 1.62. The number of hydrogen-bond donors (Lipinski definition) is 2. The molecule has 9 heavy (non-hydrogen) atoms. The van der Waals surface area contributed by atoms with Crippen molar-refractivity contribution in [3.05, 3.63) is 0 Å². The van der Waals surface area contributed by atoms with Crippen molar-refractivity contribution in [2.45, 2.75) is 13.0 Å². The predicted octanol–water partition coefficient (Wildman–Crippen LogP) is -1.50. The van der Waals surface area contributed by atoms with Crippen LogP contribution in [0.5, 0.6) is 0 Å². The molecule has 0 aromatic carbocycles. The average molecular weight is 132 g/mol. The van der Waals surface area contributed by atoms with Gasteiger partial charge in [-0.25, -0.2) is 0 Å². The summed E-state index contributed by atoms with van der Waals surface area (Å²) in [6.45, 7) is 0.347. The van der Waals surface area contributed by atoms with Gasteiger partial charge in [0.2, 0.25) is 5.78 Å². The van der Waals surface area contributed by atoms with Crippen LogP contribution in [0.25, 0.3) is 0 Å². The molecule has 2 N–H and O–H groups in total. The Morgan fingerprint density at radius 1 is 1.56 bits per heavy atom. The van der Waals surface area contributed by atoms with Gasteiger partial charge in [0.15, 0.2) is 5.78 Å². The maximum absolute atomic E-state index is 10.3. The molecule has 0 saturated heterocycles. The number of hydrogen-bond acceptors (Lipinski definition) is 4. The fourth-order valence-electron chi connectivity index (χ4n) is 0.318. The first kappa shape index (κ1) is 8.26. The van der Waals surface area contributed by atoms with Crippen LogP contribution < -0.4 is 0 Å². The van der Waals surface area contributed by atoms with Crippen LogP contribution in [0.15, 0.2) is 0 Å². The van der Waals surface area contributed by atoms with Crippen LogP contribution >= 0.6 is 0 Å². The van der Waals surface area contributed by atoms with E-state index in [4.69, 9.17) is 10.2 Å². The quantitative estimate of drug-likeness (QED) is 0.458. The van der Waals surface area contributed by atoms with Crippen molar-refractivity contribution in [1.29, 1.82) is 0 Å². The Bertz CT molecular complexity index is 129. The van der Waals surface area contributed by atoms with Gasteiger partial charge in [-0.2, -0.15) is 0 Å². The number of aliphatic hydroxyl groups is 2. The zero-order chi connectivity index (χ0) is 7.44. The third kappa shape index (κ3) is 2.34. The smallest absolute Gasteiger partial charge is 0.228 e. The fraction of sp³-hybridized carbons (Fsp3) is 0.600. The summed E-state index contributed by atoms with van der Waals surface area (Å²) in [6.07, 6.45) is -1.54. The second kappa shape index (κ2) is 3.32. The minimum atomic E-state index is -1.54. The van der Waals surface area contributed by atoms with E-state index >= 15 is 0 Å². The zero-order valence-corrected chi connectivity index (χ0v) is 5.00. The van der Waals surface area contributed by atoms with Gasteiger partial charge in [-0.15, -0.1) is 0 Å². The van der Waals surface area contributed by atoms with Crippen molar-refractivity contribution >= 4 is 11.6 Å². The zero-order valence-electron chi connectivity index (χ0n) is 5.00. The molecule has 0 amide bonds. The highest BCUT2D eigenvalue weighted by atomic mass is 16.3. The Morgan fingerprint density at radius 3 is 2.11 bits per heavy atom. The number of ketones is 2. The highest BCUT2D eigenvalue weighted by Gasteiger charge is 2.17. The molecule has 0 aliphatic heterocycles. The summed E-state index contributed by atoms with van der Waals surface area (Å²) in [5.74, 6) is -1.69. The van der Waals surface area contributed by atoms with Gasteiger partial charge in [-0.05, 0) is 0 Å². The molecule has 1 atom stereocenters. The Kier molecular flexibility index (Phi) is 3.05. The summed E-state index contributed by atoms with van der Waals surface area (Å²) in [5.41, 5.74) is 0. The summed E-state index contributed by atoms with van der Waals surface area (Å²) < 4.78 is 0. The second-order valence-corrected chi connectivity index (χ2v) is 1.62. The molecule has 4 nitrogen and oxygen atoms in total. The first-order valence-corrected chi connectivity index (χ1v) is 2.43. The maximum Gasteiger partial charge on any atom is 0.228 e. The number of carbonyl (C=O) groups excluding carboxylic acids is 2. The third-order valence-corrected chi connectivity index (χ3v) is 0.823. The van der Waals surface area contributed by atoms with Crippen molar-refractivity contribution in [3.8, 4) is 0 Å². The van der Waals surface area contributed by atoms with Gasteiger partial charge in [-0.3, -0.25) is 9.59 Å². The van der Waals surface area contributed by atoms with Crippen molar-refractivity contribution < 1.29 is 19.8 Å². The van der Waals surface area contributed by atoms with Gasteiger partial charge in [-0.1, -0.05) is 0 Å². The molecule has 0 spiro atoms. The number of aliphatic hydroxyl groups excluding tert-OH is 2. The normalized spacial score (nSPS) is 12.8. The van der Waals surface area contributed by atoms with E-state index < -0.39 is 24.3 Å². The van der Waals surface area contributed by atoms with E-state index in [9.17, 15) is 9.59 Å². The Morgan fingerprint density at radius 2 is 2.00 bits per heavy atom. The monoisotopic (exact) mass is 132 g/mol. The first-order valence-electron chi connectivity index (χ1n) is 2.43. The minimum Gasteiger partial charge on any atom is -0.393 e. The minimum absolute atomic E-state index is 0.696. The van der Waals surface area contributed by atoms with E-state index in [0.29, 0.717) is 0 Å². The lowest BCUT2D eigenvalue weighted by atomic mass is 10.2. The number of carbonyl (C=O) groups is 2. The van der Waals surface area contributed by atoms with Crippen LogP contribution in [0.1, 0.15) is 6.92 Å². The lowest BCUT2D eigenvalue weighted by Crippen LogP contribution is -2.29. The van der Waals surface area contributed by atoms with E-state index in [2.05, 4.69) is 0 Å². The molecule has 0 rings (SSSR count). The van der Waals surface area contributed by atoms with Crippen LogP contribution in [0, 0.1) is 0 Å². The van der Waals surface area contributed by atoms with Crippen LogP contribution in [-0.4, -0.2) is 34.5 Å². The van der Waals surface area contributed by atoms with Gasteiger partial charge in [0.05, 0.1) is 6.61 Å². The van der Waals surface area contributed by atoms with Gasteiger partial charge in [0, 0.05) is 6.92 Å². The lowest BCUT2D eigenvalue weighted by molar-refractivity contribution is -0.141. The third-order valence-electron chi connectivity index (χ3n) is 0.823. The van der Waals surface area contributed by atoms with E-state index in [1.54, 1.807) is 0 Å². The molecule has 52 valence electrons. The molecule has 1 unspecified atom stereocenters. The molecule has 0 aliphatic carbocycles. The molecule has 0 aliphatic rings. The largest absolute Gasteiger partial charge is 0.393 e. The summed E-state index contributed by atoms with van der Waals surface area (Å²) >= 11 is 0. The molecular formula is C5H8O4. The van der Waals surface area contributed by atoms with Crippen molar-refractivity contribution in [2.75, 3.05) is 6.61 Å². The Labute approximate surface area is 52.1 Å². The average Bonchev–Trinajstić information content (AvgIpc) is 1.84. The van der Waals surface area contributed by atoms with Crippen LogP contribution in [0.4, 0.5) is 0 Å². The summed E-state index contributed by atoms with van der Waals surface area (Å²) in [5, 5.41) is 16.6. The molecule has 0 radical (unpaired) electrons. The predicted molar refractivity (Wildman–Crippen MR) is 28.8 cm³/mol. The van der Waals surface area contributed by atoms with Crippen molar-refractivity contribution in [1.82, 2.24) is 0 Å². The fourth-order valence-corrected chi connectivity index (χ4v) is 0.318. The number of rotatable bonds is 3. The van der Waals surface area contributed by atoms with Crippen molar-refractivity contribution in [3.63, 3.8) is 0 Å². The molecule has 0 bridgehead atoms. The SMILES string of the molecule is CC(=O)C(=O)C(O)CO. The molecule has 0 aromatic heterocycles. The highest BCUT2D eigenvalue weighted by molar-refractivity contribution is 6.37. The summed E-state index contributed by atoms with van der Waals surface area (Å²) in [6, 6.07) is 0. The van der Waals surface area contributed by atoms with Gasteiger partial charge < -0.3 is 10.2 Å². The van der Waals surface area contributed by atoms with Crippen LogP contribution in [0.2, 0.25) is 0 Å². The lowest BCUT2D eigenvalue weighted by Gasteiger charge is -1.99. The molecule has 0 heterocycles. The Hall–Kier alpha value is -0.740. The summed E-state index contributed by atoms with van der Waals surface area (Å²) in [4.78, 5) is 20.4. The topological polar surface area (TPSA) is 74.6 Å². The van der Waals surface area contributed by atoms with E-state index in [1.807, 2.05) is 0 Å². The van der Waals surface area contributed by atoms with Gasteiger partial charge in [0.1, 0.15) is 6.10 Å².